The minimum atomic E-state index is -0.900. The molecule has 20 heavy (non-hydrogen) atoms. The summed E-state index contributed by atoms with van der Waals surface area (Å²) in [5.41, 5.74) is 3.57. The van der Waals surface area contributed by atoms with Gasteiger partial charge in [-0.2, -0.15) is 0 Å². The molecule has 106 valence electrons. The Morgan fingerprint density at radius 1 is 1.20 bits per heavy atom. The second kappa shape index (κ2) is 6.34. The summed E-state index contributed by atoms with van der Waals surface area (Å²) in [6.45, 7) is 1.51. The van der Waals surface area contributed by atoms with E-state index in [1.165, 1.54) is 19.1 Å². The lowest BCUT2D eigenvalue weighted by Crippen LogP contribution is -2.29. The van der Waals surface area contributed by atoms with Gasteiger partial charge in [0.1, 0.15) is 0 Å². The normalized spacial score (nSPS) is 12.5. The molecule has 0 saturated heterocycles. The molecule has 0 aliphatic heterocycles. The molecule has 0 aliphatic rings. The first-order valence-corrected chi connectivity index (χ1v) is 7.27. The van der Waals surface area contributed by atoms with E-state index in [4.69, 9.17) is 17.4 Å². The first-order valence-electron chi connectivity index (χ1n) is 5.81. The van der Waals surface area contributed by atoms with E-state index in [2.05, 4.69) is 28.0 Å². The van der Waals surface area contributed by atoms with Gasteiger partial charge in [-0.1, -0.05) is 29.8 Å². The lowest BCUT2D eigenvalue weighted by Gasteiger charge is -2.19. The van der Waals surface area contributed by atoms with Crippen molar-refractivity contribution in [3.05, 3.63) is 67.2 Å². The highest BCUT2D eigenvalue weighted by Crippen LogP contribution is 2.29. The van der Waals surface area contributed by atoms with Gasteiger partial charge in [-0.3, -0.25) is 5.84 Å². The first-order chi connectivity index (χ1) is 9.45. The van der Waals surface area contributed by atoms with Gasteiger partial charge >= 0.3 is 0 Å². The van der Waals surface area contributed by atoms with Crippen molar-refractivity contribution in [2.45, 2.75) is 13.0 Å². The zero-order valence-corrected chi connectivity index (χ0v) is 13.5. The molecule has 0 amide bonds. The van der Waals surface area contributed by atoms with Gasteiger partial charge < -0.3 is 0 Å². The Bertz CT molecular complexity index is 649. The second-order valence-corrected chi connectivity index (χ2v) is 5.94. The number of hydrogen-bond acceptors (Lipinski definition) is 2. The van der Waals surface area contributed by atoms with Gasteiger partial charge in [0.25, 0.3) is 0 Å². The fourth-order valence-corrected chi connectivity index (χ4v) is 2.47. The number of nitrogens with two attached hydrogens (primary N) is 1. The Labute approximate surface area is 134 Å². The Kier molecular flexibility index (Phi) is 4.95. The second-order valence-electron chi connectivity index (χ2n) is 4.37. The van der Waals surface area contributed by atoms with Crippen LogP contribution in [-0.4, -0.2) is 0 Å². The van der Waals surface area contributed by atoms with Crippen LogP contribution in [0.5, 0.6) is 0 Å². The van der Waals surface area contributed by atoms with Gasteiger partial charge in [0.05, 0.1) is 11.1 Å². The van der Waals surface area contributed by atoms with Crippen molar-refractivity contribution in [3.8, 4) is 0 Å². The zero-order valence-electron chi connectivity index (χ0n) is 10.6. The number of halogens is 4. The molecule has 1 atom stereocenters. The van der Waals surface area contributed by atoms with Crippen molar-refractivity contribution < 1.29 is 8.78 Å². The van der Waals surface area contributed by atoms with Crippen molar-refractivity contribution >= 4 is 34.2 Å². The van der Waals surface area contributed by atoms with Gasteiger partial charge in [-0.25, -0.2) is 14.2 Å². The first kappa shape index (κ1) is 15.6. The van der Waals surface area contributed by atoms with E-state index >= 15 is 0 Å². The minimum Gasteiger partial charge on any atom is -0.271 e. The number of rotatable bonds is 3. The molecule has 2 aromatic rings. The summed E-state index contributed by atoms with van der Waals surface area (Å²) in [5, 5.41) is 0.538. The average molecular weight is 409 g/mol. The molecule has 3 N–H and O–H groups in total. The van der Waals surface area contributed by atoms with E-state index < -0.39 is 17.7 Å². The third-order valence-electron chi connectivity index (χ3n) is 3.06. The average Bonchev–Trinajstić information content (AvgIpc) is 2.43. The lowest BCUT2D eigenvalue weighted by molar-refractivity contribution is 0.478. The summed E-state index contributed by atoms with van der Waals surface area (Å²) >= 11 is 8.14. The maximum absolute atomic E-state index is 14.1. The number of aryl methyl sites for hydroxylation is 1. The molecule has 0 bridgehead atoms. The summed E-state index contributed by atoms with van der Waals surface area (Å²) < 4.78 is 28.6. The fourth-order valence-electron chi connectivity index (χ4n) is 1.94. The van der Waals surface area contributed by atoms with Crippen LogP contribution >= 0.6 is 34.2 Å². The summed E-state index contributed by atoms with van der Waals surface area (Å²) in [6.07, 6.45) is 0. The molecule has 2 rings (SSSR count). The number of hydrazine groups is 1. The predicted octanol–water partition coefficient (Wildman–Crippen LogP) is 4.08. The summed E-state index contributed by atoms with van der Waals surface area (Å²) in [6, 6.07) is 7.63. The van der Waals surface area contributed by atoms with Crippen LogP contribution in [-0.2, 0) is 0 Å². The molecule has 0 fully saturated rings. The minimum absolute atomic E-state index is 0.146. The third kappa shape index (κ3) is 2.95. The number of nitrogens with one attached hydrogen (secondary N) is 1. The van der Waals surface area contributed by atoms with Crippen LogP contribution in [0, 0.1) is 22.1 Å². The number of hydrogen-bond donors (Lipinski definition) is 2. The maximum Gasteiger partial charge on any atom is 0.164 e. The van der Waals surface area contributed by atoms with E-state index in [0.717, 1.165) is 3.57 Å². The van der Waals surface area contributed by atoms with E-state index in [9.17, 15) is 8.78 Å². The van der Waals surface area contributed by atoms with E-state index in [0.29, 0.717) is 10.6 Å². The third-order valence-corrected chi connectivity index (χ3v) is 4.63. The molecule has 6 heteroatoms. The van der Waals surface area contributed by atoms with E-state index in [1.54, 1.807) is 18.2 Å². The summed E-state index contributed by atoms with van der Waals surface area (Å²) in [7, 11) is 0. The monoisotopic (exact) mass is 408 g/mol. The molecule has 0 saturated carbocycles. The lowest BCUT2D eigenvalue weighted by atomic mass is 9.97. The molecule has 1 unspecified atom stereocenters. The van der Waals surface area contributed by atoms with E-state index in [1.807, 2.05) is 0 Å². The quantitative estimate of drug-likeness (QED) is 0.456. The fraction of sp³-hybridized carbons (Fsp3) is 0.143. The molecule has 0 aliphatic carbocycles. The van der Waals surface area contributed by atoms with Crippen LogP contribution in [0.1, 0.15) is 22.7 Å². The highest BCUT2D eigenvalue weighted by Gasteiger charge is 2.20. The predicted molar refractivity (Wildman–Crippen MR) is 84.4 cm³/mol. The van der Waals surface area contributed by atoms with Crippen molar-refractivity contribution in [2.24, 2.45) is 5.84 Å². The van der Waals surface area contributed by atoms with Crippen molar-refractivity contribution in [1.29, 1.82) is 0 Å². The Morgan fingerprint density at radius 2 is 1.90 bits per heavy atom. The van der Waals surface area contributed by atoms with Crippen LogP contribution in [0.4, 0.5) is 8.78 Å². The molecular weight excluding hydrogens is 397 g/mol. The van der Waals surface area contributed by atoms with Crippen molar-refractivity contribution in [2.75, 3.05) is 0 Å². The van der Waals surface area contributed by atoms with Crippen LogP contribution in [0.15, 0.2) is 30.3 Å². The Morgan fingerprint density at radius 3 is 2.50 bits per heavy atom. The molecule has 0 radical (unpaired) electrons. The van der Waals surface area contributed by atoms with Crippen LogP contribution in [0.2, 0.25) is 5.02 Å². The SMILES string of the molecule is Cc1ccc(C(NN)c2ccc(I)c(Cl)c2)c(F)c1F. The molecule has 0 aromatic heterocycles. The van der Waals surface area contributed by atoms with Gasteiger partial charge in [-0.15, -0.1) is 0 Å². The highest BCUT2D eigenvalue weighted by atomic mass is 127. The summed E-state index contributed by atoms with van der Waals surface area (Å²) in [5.74, 6) is 3.74. The maximum atomic E-state index is 14.1. The van der Waals surface area contributed by atoms with Crippen LogP contribution < -0.4 is 11.3 Å². The Balaban J connectivity index is 2.52. The van der Waals surface area contributed by atoms with Crippen molar-refractivity contribution in [1.82, 2.24) is 5.43 Å². The topological polar surface area (TPSA) is 38.0 Å². The van der Waals surface area contributed by atoms with Crippen molar-refractivity contribution in [3.63, 3.8) is 0 Å². The highest BCUT2D eigenvalue weighted by molar-refractivity contribution is 14.1. The number of benzene rings is 2. The van der Waals surface area contributed by atoms with Gasteiger partial charge in [0, 0.05) is 9.13 Å². The standard InChI is InChI=1S/C14H12ClF2IN2/c1-7-2-4-9(13(17)12(7)16)14(20-19)8-3-5-11(18)10(15)6-8/h2-6,14,20H,19H2,1H3. The van der Waals surface area contributed by atoms with E-state index in [-0.39, 0.29) is 11.1 Å². The van der Waals surface area contributed by atoms with Gasteiger partial charge in [0.2, 0.25) is 0 Å². The molecule has 0 spiro atoms. The summed E-state index contributed by atoms with van der Waals surface area (Å²) in [4.78, 5) is 0. The molecular formula is C14H12ClF2IN2. The molecule has 0 heterocycles. The van der Waals surface area contributed by atoms with Crippen LogP contribution in [0.3, 0.4) is 0 Å². The smallest absolute Gasteiger partial charge is 0.164 e. The zero-order chi connectivity index (χ0) is 14.9. The van der Waals surface area contributed by atoms with Crippen LogP contribution in [0.25, 0.3) is 0 Å². The van der Waals surface area contributed by atoms with Gasteiger partial charge in [0.15, 0.2) is 11.6 Å². The molecule has 2 nitrogen and oxygen atoms in total. The molecule has 2 aromatic carbocycles. The van der Waals surface area contributed by atoms with Gasteiger partial charge in [-0.05, 0) is 52.8 Å². The Hall–Kier alpha value is -0.760. The largest absolute Gasteiger partial charge is 0.271 e.